The molecule has 0 bridgehead atoms. The average molecular weight is 261 g/mol. The van der Waals surface area contributed by atoms with Crippen molar-refractivity contribution in [1.82, 2.24) is 0 Å². The van der Waals surface area contributed by atoms with Gasteiger partial charge in [0.2, 0.25) is 0 Å². The van der Waals surface area contributed by atoms with Crippen molar-refractivity contribution in [1.29, 1.82) is 0 Å². The fourth-order valence-electron chi connectivity index (χ4n) is 0.881. The molecule has 0 aliphatic rings. The zero-order valence-electron chi connectivity index (χ0n) is 10.8. The van der Waals surface area contributed by atoms with Crippen molar-refractivity contribution >= 4 is 17.9 Å². The Labute approximate surface area is 106 Å². The Balaban J connectivity index is 0. The maximum atomic E-state index is 10.6. The lowest BCUT2D eigenvalue weighted by molar-refractivity contribution is -0.884. The van der Waals surface area contributed by atoms with Gasteiger partial charge in [-0.25, -0.2) is 4.79 Å². The molecular formula is C11H19NO6. The van der Waals surface area contributed by atoms with Gasteiger partial charge in [-0.05, 0) is 0 Å². The van der Waals surface area contributed by atoms with Gasteiger partial charge in [-0.2, -0.15) is 0 Å². The lowest BCUT2D eigenvalue weighted by Gasteiger charge is -2.29. The van der Waals surface area contributed by atoms with Crippen LogP contribution in [0.4, 0.5) is 0 Å². The second-order valence-corrected chi connectivity index (χ2v) is 4.08. The van der Waals surface area contributed by atoms with Gasteiger partial charge in [0.25, 0.3) is 5.97 Å². The number of ether oxygens (including phenoxy) is 1. The van der Waals surface area contributed by atoms with Crippen LogP contribution in [0.25, 0.3) is 0 Å². The smallest absolute Gasteiger partial charge is 0.330 e. The van der Waals surface area contributed by atoms with Crippen molar-refractivity contribution in [3.63, 3.8) is 0 Å². The van der Waals surface area contributed by atoms with Crippen LogP contribution >= 0.6 is 0 Å². The van der Waals surface area contributed by atoms with E-state index in [1.54, 1.807) is 14.1 Å². The van der Waals surface area contributed by atoms with Gasteiger partial charge in [0.1, 0.15) is 19.7 Å². The van der Waals surface area contributed by atoms with Crippen LogP contribution in [0, 0.1) is 0 Å². The largest absolute Gasteiger partial charge is 0.544 e. The number of carbonyl (C=O) groups excluding carboxylic acids is 2. The summed E-state index contributed by atoms with van der Waals surface area (Å²) in [6.45, 7) is 4.81. The van der Waals surface area contributed by atoms with Crippen LogP contribution < -0.4 is 5.11 Å². The third-order valence-corrected chi connectivity index (χ3v) is 1.66. The number of rotatable bonds is 6. The predicted molar refractivity (Wildman–Crippen MR) is 61.3 cm³/mol. The van der Waals surface area contributed by atoms with Gasteiger partial charge in [0.15, 0.2) is 0 Å². The van der Waals surface area contributed by atoms with Gasteiger partial charge >= 0.3 is 5.97 Å². The van der Waals surface area contributed by atoms with Gasteiger partial charge in [0.05, 0.1) is 20.1 Å². The number of aliphatic carboxylic acids is 2. The van der Waals surface area contributed by atoms with E-state index in [2.05, 4.69) is 6.58 Å². The average Bonchev–Trinajstić information content (AvgIpc) is 2.13. The highest BCUT2D eigenvalue weighted by molar-refractivity contribution is 5.81. The lowest BCUT2D eigenvalue weighted by atomic mass is 10.4. The van der Waals surface area contributed by atoms with Gasteiger partial charge in [-0.3, -0.25) is 4.79 Å². The highest BCUT2D eigenvalue weighted by Gasteiger charge is 2.15. The molecule has 1 N–H and O–H groups in total. The summed E-state index contributed by atoms with van der Waals surface area (Å²) in [4.78, 5) is 30.0. The molecule has 104 valence electrons. The molecular weight excluding hydrogens is 242 g/mol. The van der Waals surface area contributed by atoms with Crippen LogP contribution in [-0.2, 0) is 19.1 Å². The number of carboxylic acids is 2. The van der Waals surface area contributed by atoms with Crippen LogP contribution in [0.15, 0.2) is 12.7 Å². The van der Waals surface area contributed by atoms with E-state index in [-0.39, 0.29) is 17.6 Å². The van der Waals surface area contributed by atoms with Gasteiger partial charge < -0.3 is 24.2 Å². The molecule has 7 nitrogen and oxygen atoms in total. The minimum absolute atomic E-state index is 0.106. The topological polar surface area (TPSA) is 104 Å². The summed E-state index contributed by atoms with van der Waals surface area (Å²) < 4.78 is 4.94. The molecule has 0 radical (unpaired) electrons. The number of quaternary nitrogens is 1. The number of esters is 1. The first kappa shape index (κ1) is 18.5. The van der Waals surface area contributed by atoms with Crippen LogP contribution in [0.2, 0.25) is 0 Å². The molecule has 0 aromatic heterocycles. The molecule has 0 spiro atoms. The molecule has 0 aromatic rings. The third-order valence-electron chi connectivity index (χ3n) is 1.66. The molecule has 0 fully saturated rings. The van der Waals surface area contributed by atoms with E-state index < -0.39 is 17.9 Å². The monoisotopic (exact) mass is 261 g/mol. The van der Waals surface area contributed by atoms with E-state index in [9.17, 15) is 14.7 Å². The minimum atomic E-state index is -1.12. The molecule has 0 aliphatic heterocycles. The number of carboxylic acid groups (broad SMARTS) is 2. The second kappa shape index (κ2) is 9.17. The Hall–Kier alpha value is -1.89. The number of carbonyl (C=O) groups is 3. The SMILES string of the molecule is C=CC(=O)OCC[N+](C)(C)CC(=O)[O-].CC(=O)O. The maximum absolute atomic E-state index is 10.6. The van der Waals surface area contributed by atoms with E-state index in [0.717, 1.165) is 13.0 Å². The maximum Gasteiger partial charge on any atom is 0.330 e. The Bertz CT molecular complexity index is 307. The minimum Gasteiger partial charge on any atom is -0.544 e. The Morgan fingerprint density at radius 3 is 2.17 bits per heavy atom. The lowest BCUT2D eigenvalue weighted by Crippen LogP contribution is -2.49. The molecule has 0 saturated carbocycles. The standard InChI is InChI=1S/C9H15NO4.C2H4O2/c1-4-9(13)14-6-5-10(2,3)7-8(11)12;1-2(3)4/h4H,1,5-7H2,2-3H3;1H3,(H,3,4). The van der Waals surface area contributed by atoms with E-state index in [0.29, 0.717) is 6.54 Å². The van der Waals surface area contributed by atoms with Gasteiger partial charge in [0, 0.05) is 13.0 Å². The zero-order valence-corrected chi connectivity index (χ0v) is 10.8. The van der Waals surface area contributed by atoms with Crippen LogP contribution in [0.3, 0.4) is 0 Å². The quantitative estimate of drug-likeness (QED) is 0.359. The summed E-state index contributed by atoms with van der Waals surface area (Å²) in [7, 11) is 3.44. The molecule has 0 atom stereocenters. The van der Waals surface area contributed by atoms with Crippen molar-refractivity contribution in [3.05, 3.63) is 12.7 Å². The number of hydrogen-bond acceptors (Lipinski definition) is 5. The summed E-state index contributed by atoms with van der Waals surface area (Å²) in [6.07, 6.45) is 1.07. The fraction of sp³-hybridized carbons (Fsp3) is 0.545. The fourth-order valence-corrected chi connectivity index (χ4v) is 0.881. The van der Waals surface area contributed by atoms with Crippen molar-refractivity contribution in [2.24, 2.45) is 0 Å². The van der Waals surface area contributed by atoms with Crippen molar-refractivity contribution in [2.45, 2.75) is 6.92 Å². The van der Waals surface area contributed by atoms with Gasteiger partial charge in [-0.1, -0.05) is 6.58 Å². The van der Waals surface area contributed by atoms with Crippen molar-refractivity contribution < 1.29 is 33.8 Å². The molecule has 0 unspecified atom stereocenters. The highest BCUT2D eigenvalue weighted by atomic mass is 16.5. The third kappa shape index (κ3) is 16.5. The second-order valence-electron chi connectivity index (χ2n) is 4.08. The zero-order chi connectivity index (χ0) is 14.8. The Morgan fingerprint density at radius 2 is 1.83 bits per heavy atom. The highest BCUT2D eigenvalue weighted by Crippen LogP contribution is 1.95. The van der Waals surface area contributed by atoms with Crippen LogP contribution in [0.1, 0.15) is 6.92 Å². The van der Waals surface area contributed by atoms with Crippen molar-refractivity contribution in [3.8, 4) is 0 Å². The summed E-state index contributed by atoms with van der Waals surface area (Å²) in [5.41, 5.74) is 0. The van der Waals surface area contributed by atoms with E-state index in [4.69, 9.17) is 14.6 Å². The number of nitrogens with zero attached hydrogens (tertiary/aromatic N) is 1. The first-order valence-corrected chi connectivity index (χ1v) is 5.11. The van der Waals surface area contributed by atoms with Crippen LogP contribution in [-0.4, -0.2) is 61.3 Å². The Kier molecular flexibility index (Phi) is 9.41. The van der Waals surface area contributed by atoms with E-state index in [1.807, 2.05) is 0 Å². The summed E-state index contributed by atoms with van der Waals surface area (Å²) in [5.74, 6) is -2.46. The first-order valence-electron chi connectivity index (χ1n) is 5.11. The first-order chi connectivity index (χ1) is 8.10. The molecule has 0 rings (SSSR count). The van der Waals surface area contributed by atoms with E-state index in [1.165, 1.54) is 0 Å². The number of hydrogen-bond donors (Lipinski definition) is 1. The summed E-state index contributed by atoms with van der Waals surface area (Å²) >= 11 is 0. The summed E-state index contributed by atoms with van der Waals surface area (Å²) in [6, 6.07) is 0. The Morgan fingerprint density at radius 1 is 1.39 bits per heavy atom. The number of likely N-dealkylation sites (N-methyl/N-ethyl adjacent to an activating group) is 1. The van der Waals surface area contributed by atoms with Gasteiger partial charge in [-0.15, -0.1) is 0 Å². The molecule has 18 heavy (non-hydrogen) atoms. The molecule has 0 aromatic carbocycles. The molecule has 0 amide bonds. The van der Waals surface area contributed by atoms with Crippen molar-refractivity contribution in [2.75, 3.05) is 33.8 Å². The molecule has 7 heteroatoms. The van der Waals surface area contributed by atoms with Crippen LogP contribution in [0.5, 0.6) is 0 Å². The molecule has 0 aliphatic carbocycles. The normalized spacial score (nSPS) is 9.72. The molecule has 0 saturated heterocycles. The summed E-state index contributed by atoms with van der Waals surface area (Å²) in [5, 5.41) is 17.7. The molecule has 0 heterocycles. The van der Waals surface area contributed by atoms with E-state index >= 15 is 0 Å². The predicted octanol–water partition coefficient (Wildman–Crippen LogP) is -1.37.